The summed E-state index contributed by atoms with van der Waals surface area (Å²) in [6.07, 6.45) is 0.385. The van der Waals surface area contributed by atoms with Crippen LogP contribution in [0.5, 0.6) is 0 Å². The summed E-state index contributed by atoms with van der Waals surface area (Å²) in [5.41, 5.74) is 0. The summed E-state index contributed by atoms with van der Waals surface area (Å²) in [5, 5.41) is 0. The molecule has 0 saturated carbocycles. The number of carbonyl (C=O) groups is 1. The maximum Gasteiger partial charge on any atom is 0.306 e. The van der Waals surface area contributed by atoms with Gasteiger partial charge in [0.15, 0.2) is 0 Å². The number of benzene rings is 1. The molecule has 0 aromatic heterocycles. The summed E-state index contributed by atoms with van der Waals surface area (Å²) in [6, 6.07) is 6.22. The van der Waals surface area contributed by atoms with E-state index in [2.05, 4.69) is 0 Å². The molecular weight excluding hydrogens is 215 g/mol. The average Bonchev–Trinajstić information content (AvgIpc) is 2.21. The Bertz CT molecular complexity index is 311. The van der Waals surface area contributed by atoms with Crippen molar-refractivity contribution < 1.29 is 13.9 Å². The first-order valence-electron chi connectivity index (χ1n) is 4.76. The van der Waals surface area contributed by atoms with Crippen LogP contribution < -0.4 is 0 Å². The summed E-state index contributed by atoms with van der Waals surface area (Å²) in [5.74, 6) is 0.224. The number of thioether (sulfide) groups is 1. The molecule has 0 unspecified atom stereocenters. The fourth-order valence-corrected chi connectivity index (χ4v) is 1.85. The normalized spacial score (nSPS) is 10.0. The van der Waals surface area contributed by atoms with E-state index in [-0.39, 0.29) is 11.8 Å². The quantitative estimate of drug-likeness (QED) is 0.572. The number of rotatable bonds is 5. The molecule has 1 rings (SSSR count). The third kappa shape index (κ3) is 4.83. The Morgan fingerprint density at radius 3 is 2.67 bits per heavy atom. The Morgan fingerprint density at radius 2 is 2.07 bits per heavy atom. The predicted molar refractivity (Wildman–Crippen MR) is 58.4 cm³/mol. The van der Waals surface area contributed by atoms with E-state index in [1.807, 2.05) is 0 Å². The van der Waals surface area contributed by atoms with Gasteiger partial charge in [-0.25, -0.2) is 4.39 Å². The summed E-state index contributed by atoms with van der Waals surface area (Å²) in [7, 11) is 0. The third-order valence-corrected chi connectivity index (χ3v) is 2.71. The lowest BCUT2D eigenvalue weighted by atomic mass is 10.4. The van der Waals surface area contributed by atoms with E-state index in [0.29, 0.717) is 18.8 Å². The van der Waals surface area contributed by atoms with Gasteiger partial charge in [0.05, 0.1) is 13.0 Å². The first-order chi connectivity index (χ1) is 7.22. The maximum atomic E-state index is 12.6. The van der Waals surface area contributed by atoms with Gasteiger partial charge >= 0.3 is 5.97 Å². The van der Waals surface area contributed by atoms with Gasteiger partial charge in [0.2, 0.25) is 0 Å². The van der Waals surface area contributed by atoms with Crippen LogP contribution in [0.25, 0.3) is 0 Å². The minimum absolute atomic E-state index is 0.188. The second kappa shape index (κ2) is 6.45. The highest BCUT2D eigenvalue weighted by Crippen LogP contribution is 2.18. The number of hydrogen-bond acceptors (Lipinski definition) is 3. The fourth-order valence-electron chi connectivity index (χ4n) is 1.02. The molecule has 0 aliphatic heterocycles. The molecule has 0 atom stereocenters. The van der Waals surface area contributed by atoms with Crippen LogP contribution in [0, 0.1) is 5.82 Å². The van der Waals surface area contributed by atoms with E-state index < -0.39 is 0 Å². The van der Waals surface area contributed by atoms with Crippen LogP contribution in [-0.2, 0) is 9.53 Å². The SMILES string of the molecule is CCOC(=O)CCSc1ccc(F)cc1. The molecule has 15 heavy (non-hydrogen) atoms. The molecule has 2 nitrogen and oxygen atoms in total. The lowest BCUT2D eigenvalue weighted by Crippen LogP contribution is -2.04. The Morgan fingerprint density at radius 1 is 1.40 bits per heavy atom. The highest BCUT2D eigenvalue weighted by atomic mass is 32.2. The van der Waals surface area contributed by atoms with Crippen LogP contribution in [0.15, 0.2) is 29.2 Å². The van der Waals surface area contributed by atoms with Crippen molar-refractivity contribution in [3.63, 3.8) is 0 Å². The van der Waals surface area contributed by atoms with Crippen molar-refractivity contribution in [3.05, 3.63) is 30.1 Å². The van der Waals surface area contributed by atoms with E-state index in [1.165, 1.54) is 23.9 Å². The van der Waals surface area contributed by atoms with Crippen molar-refractivity contribution in [2.45, 2.75) is 18.2 Å². The first-order valence-corrected chi connectivity index (χ1v) is 5.75. The number of halogens is 1. The molecule has 0 aliphatic rings. The molecular formula is C11H13FO2S. The number of ether oxygens (including phenoxy) is 1. The highest BCUT2D eigenvalue weighted by molar-refractivity contribution is 7.99. The van der Waals surface area contributed by atoms with Gasteiger partial charge in [-0.1, -0.05) is 0 Å². The summed E-state index contributed by atoms with van der Waals surface area (Å²) in [4.78, 5) is 12.0. The minimum Gasteiger partial charge on any atom is -0.466 e. The molecule has 0 radical (unpaired) electrons. The minimum atomic E-state index is -0.246. The Hall–Kier alpha value is -1.03. The first kappa shape index (κ1) is 12.0. The van der Waals surface area contributed by atoms with Crippen molar-refractivity contribution >= 4 is 17.7 Å². The molecule has 0 aliphatic carbocycles. The van der Waals surface area contributed by atoms with Gasteiger partial charge in [-0.05, 0) is 31.2 Å². The zero-order valence-electron chi connectivity index (χ0n) is 8.53. The molecule has 0 heterocycles. The zero-order chi connectivity index (χ0) is 11.1. The Kier molecular flexibility index (Phi) is 5.18. The van der Waals surface area contributed by atoms with Crippen molar-refractivity contribution in [2.24, 2.45) is 0 Å². The molecule has 0 bridgehead atoms. The van der Waals surface area contributed by atoms with Gasteiger partial charge in [-0.2, -0.15) is 0 Å². The zero-order valence-corrected chi connectivity index (χ0v) is 9.35. The fraction of sp³-hybridized carbons (Fsp3) is 0.364. The van der Waals surface area contributed by atoms with E-state index >= 15 is 0 Å². The molecule has 82 valence electrons. The predicted octanol–water partition coefficient (Wildman–Crippen LogP) is 2.87. The second-order valence-electron chi connectivity index (χ2n) is 2.86. The van der Waals surface area contributed by atoms with E-state index in [9.17, 15) is 9.18 Å². The molecule has 1 aromatic carbocycles. The summed E-state index contributed by atoms with van der Waals surface area (Å²) in [6.45, 7) is 2.20. The third-order valence-electron chi connectivity index (χ3n) is 1.69. The smallest absolute Gasteiger partial charge is 0.306 e. The van der Waals surface area contributed by atoms with Crippen molar-refractivity contribution in [1.82, 2.24) is 0 Å². The summed E-state index contributed by atoms with van der Waals surface area (Å²) < 4.78 is 17.3. The topological polar surface area (TPSA) is 26.3 Å². The van der Waals surface area contributed by atoms with E-state index in [4.69, 9.17) is 4.74 Å². The maximum absolute atomic E-state index is 12.6. The summed E-state index contributed by atoms with van der Waals surface area (Å²) >= 11 is 1.52. The molecule has 4 heteroatoms. The molecule has 0 N–H and O–H groups in total. The lowest BCUT2D eigenvalue weighted by Gasteiger charge is -2.01. The van der Waals surface area contributed by atoms with Gasteiger partial charge in [0.25, 0.3) is 0 Å². The van der Waals surface area contributed by atoms with Crippen molar-refractivity contribution in [2.75, 3.05) is 12.4 Å². The molecule has 1 aromatic rings. The van der Waals surface area contributed by atoms with Gasteiger partial charge in [-0.3, -0.25) is 4.79 Å². The van der Waals surface area contributed by atoms with Gasteiger partial charge < -0.3 is 4.74 Å². The number of carbonyl (C=O) groups excluding carboxylic acids is 1. The van der Waals surface area contributed by atoms with Crippen LogP contribution in [0.3, 0.4) is 0 Å². The van der Waals surface area contributed by atoms with E-state index in [1.54, 1.807) is 19.1 Å². The molecule has 0 fully saturated rings. The van der Waals surface area contributed by atoms with Crippen LogP contribution in [-0.4, -0.2) is 18.3 Å². The highest BCUT2D eigenvalue weighted by Gasteiger charge is 2.01. The van der Waals surface area contributed by atoms with E-state index in [0.717, 1.165) is 4.90 Å². The number of esters is 1. The van der Waals surface area contributed by atoms with Crippen LogP contribution in [0.1, 0.15) is 13.3 Å². The Balaban J connectivity index is 2.26. The van der Waals surface area contributed by atoms with Gasteiger partial charge in [0, 0.05) is 10.6 Å². The average molecular weight is 228 g/mol. The number of hydrogen-bond donors (Lipinski definition) is 0. The Labute approximate surface area is 92.8 Å². The lowest BCUT2D eigenvalue weighted by molar-refractivity contribution is -0.142. The van der Waals surface area contributed by atoms with Crippen molar-refractivity contribution in [1.29, 1.82) is 0 Å². The van der Waals surface area contributed by atoms with Gasteiger partial charge in [-0.15, -0.1) is 11.8 Å². The van der Waals surface area contributed by atoms with Crippen LogP contribution in [0.4, 0.5) is 4.39 Å². The van der Waals surface area contributed by atoms with Gasteiger partial charge in [0.1, 0.15) is 5.82 Å². The standard InChI is InChI=1S/C11H13FO2S/c1-2-14-11(13)7-8-15-10-5-3-9(12)4-6-10/h3-6H,2,7-8H2,1H3. The monoisotopic (exact) mass is 228 g/mol. The molecule has 0 saturated heterocycles. The van der Waals surface area contributed by atoms with Crippen LogP contribution >= 0.6 is 11.8 Å². The van der Waals surface area contributed by atoms with Crippen molar-refractivity contribution in [3.8, 4) is 0 Å². The second-order valence-corrected chi connectivity index (χ2v) is 4.03. The molecule has 0 spiro atoms. The largest absolute Gasteiger partial charge is 0.466 e. The molecule has 0 amide bonds. The van der Waals surface area contributed by atoms with Crippen LogP contribution in [0.2, 0.25) is 0 Å².